The average Bonchev–Trinajstić information content (AvgIpc) is 3.38. The van der Waals surface area contributed by atoms with Gasteiger partial charge in [-0.25, -0.2) is 0 Å². The number of carbonyl (C=O) groups is 1. The van der Waals surface area contributed by atoms with Crippen LogP contribution in [-0.2, 0) is 17.6 Å². The Balaban J connectivity index is 1.23. The van der Waals surface area contributed by atoms with Gasteiger partial charge < -0.3 is 9.80 Å². The Morgan fingerprint density at radius 3 is 2.79 bits per heavy atom. The minimum atomic E-state index is 0.305. The van der Waals surface area contributed by atoms with Gasteiger partial charge in [-0.15, -0.1) is 0 Å². The lowest BCUT2D eigenvalue weighted by Crippen LogP contribution is -2.45. The van der Waals surface area contributed by atoms with Crippen molar-refractivity contribution in [3.05, 3.63) is 53.9 Å². The Morgan fingerprint density at radius 1 is 1.07 bits per heavy atom. The summed E-state index contributed by atoms with van der Waals surface area (Å²) < 4.78 is 0. The largest absolute Gasteiger partial charge is 0.342 e. The predicted octanol–water partition coefficient (Wildman–Crippen LogP) is 3.29. The van der Waals surface area contributed by atoms with Gasteiger partial charge in [0, 0.05) is 37.7 Å². The smallest absolute Gasteiger partial charge is 0.222 e. The molecule has 1 spiro atoms. The van der Waals surface area contributed by atoms with Gasteiger partial charge in [-0.3, -0.25) is 9.89 Å². The zero-order chi connectivity index (χ0) is 19.2. The van der Waals surface area contributed by atoms with E-state index in [0.717, 1.165) is 38.0 Å². The number of benzene rings is 1. The minimum absolute atomic E-state index is 0.305. The SMILES string of the molecule is O=C(CCc1cn[nH]c1)N1CCC2(CCCN(CCCc3ccccc3)C2)C1. The third-order valence-electron chi connectivity index (χ3n) is 6.50. The summed E-state index contributed by atoms with van der Waals surface area (Å²) >= 11 is 0. The molecule has 0 bridgehead atoms. The van der Waals surface area contributed by atoms with E-state index in [0.29, 0.717) is 17.7 Å². The predicted molar refractivity (Wildman–Crippen MR) is 111 cm³/mol. The van der Waals surface area contributed by atoms with Crippen LogP contribution in [0.25, 0.3) is 0 Å². The fraction of sp³-hybridized carbons (Fsp3) is 0.565. The van der Waals surface area contributed by atoms with Crippen LogP contribution < -0.4 is 0 Å². The zero-order valence-electron chi connectivity index (χ0n) is 16.8. The van der Waals surface area contributed by atoms with E-state index in [1.54, 1.807) is 0 Å². The van der Waals surface area contributed by atoms with Gasteiger partial charge in [0.05, 0.1) is 6.20 Å². The van der Waals surface area contributed by atoms with E-state index in [1.807, 2.05) is 12.4 Å². The first-order valence-electron chi connectivity index (χ1n) is 10.7. The standard InChI is InChI=1S/C23H32N4O/c28-22(10-9-21-16-24-25-17-21)27-15-12-23(19-27)11-5-14-26(18-23)13-4-8-20-6-2-1-3-7-20/h1-3,6-7,16-17H,4-5,8-15,18-19H2,(H,24,25). The van der Waals surface area contributed by atoms with Crippen LogP contribution in [0, 0.1) is 5.41 Å². The summed E-state index contributed by atoms with van der Waals surface area (Å²) in [5, 5.41) is 6.78. The Hall–Kier alpha value is -2.14. The molecule has 0 saturated carbocycles. The summed E-state index contributed by atoms with van der Waals surface area (Å²) in [6.45, 7) is 5.43. The zero-order valence-corrected chi connectivity index (χ0v) is 16.8. The number of rotatable bonds is 7. The van der Waals surface area contributed by atoms with Crippen LogP contribution in [-0.4, -0.2) is 58.6 Å². The van der Waals surface area contributed by atoms with Gasteiger partial charge in [0.15, 0.2) is 0 Å². The molecule has 5 nitrogen and oxygen atoms in total. The van der Waals surface area contributed by atoms with Crippen LogP contribution in [0.1, 0.15) is 43.2 Å². The quantitative estimate of drug-likeness (QED) is 0.802. The molecule has 1 N–H and O–H groups in total. The fourth-order valence-corrected chi connectivity index (χ4v) is 4.96. The molecule has 1 amide bonds. The first-order chi connectivity index (χ1) is 13.7. The molecule has 2 aliphatic heterocycles. The van der Waals surface area contributed by atoms with Crippen molar-refractivity contribution < 1.29 is 4.79 Å². The highest BCUT2D eigenvalue weighted by molar-refractivity contribution is 5.76. The molecule has 4 rings (SSSR count). The number of hydrogen-bond donors (Lipinski definition) is 1. The van der Waals surface area contributed by atoms with Crippen LogP contribution in [0.2, 0.25) is 0 Å². The Bertz CT molecular complexity index is 745. The van der Waals surface area contributed by atoms with Gasteiger partial charge >= 0.3 is 0 Å². The molecule has 2 aliphatic rings. The average molecular weight is 381 g/mol. The van der Waals surface area contributed by atoms with Crippen molar-refractivity contribution in [2.45, 2.75) is 44.9 Å². The molecule has 28 heavy (non-hydrogen) atoms. The molecular weight excluding hydrogens is 348 g/mol. The summed E-state index contributed by atoms with van der Waals surface area (Å²) in [7, 11) is 0. The highest BCUT2D eigenvalue weighted by atomic mass is 16.2. The van der Waals surface area contributed by atoms with Crippen molar-refractivity contribution >= 4 is 5.91 Å². The third kappa shape index (κ3) is 4.82. The second-order valence-electron chi connectivity index (χ2n) is 8.64. The summed E-state index contributed by atoms with van der Waals surface area (Å²) in [5.74, 6) is 0.305. The number of amides is 1. The number of nitrogens with one attached hydrogen (secondary N) is 1. The van der Waals surface area contributed by atoms with Crippen molar-refractivity contribution in [2.75, 3.05) is 32.7 Å². The van der Waals surface area contributed by atoms with Crippen LogP contribution in [0.4, 0.5) is 0 Å². The Labute approximate surface area is 168 Å². The Morgan fingerprint density at radius 2 is 1.96 bits per heavy atom. The second-order valence-corrected chi connectivity index (χ2v) is 8.64. The normalized spacial score (nSPS) is 22.8. The lowest BCUT2D eigenvalue weighted by Gasteiger charge is -2.40. The number of hydrogen-bond acceptors (Lipinski definition) is 3. The van der Waals surface area contributed by atoms with Crippen molar-refractivity contribution in [2.24, 2.45) is 5.41 Å². The number of likely N-dealkylation sites (tertiary alicyclic amines) is 2. The van der Waals surface area contributed by atoms with Crippen LogP contribution in [0.5, 0.6) is 0 Å². The van der Waals surface area contributed by atoms with Gasteiger partial charge in [-0.2, -0.15) is 5.10 Å². The number of piperidine rings is 1. The van der Waals surface area contributed by atoms with Gasteiger partial charge in [-0.05, 0) is 62.7 Å². The van der Waals surface area contributed by atoms with E-state index in [4.69, 9.17) is 0 Å². The molecule has 1 unspecified atom stereocenters. The molecule has 150 valence electrons. The summed E-state index contributed by atoms with van der Waals surface area (Å²) in [5.41, 5.74) is 2.88. The molecule has 3 heterocycles. The third-order valence-corrected chi connectivity index (χ3v) is 6.50. The number of carbonyl (C=O) groups excluding carboxylic acids is 1. The number of nitrogens with zero attached hydrogens (tertiary/aromatic N) is 3. The molecule has 2 saturated heterocycles. The minimum Gasteiger partial charge on any atom is -0.342 e. The number of aryl methyl sites for hydroxylation is 2. The maximum Gasteiger partial charge on any atom is 0.222 e. The molecule has 1 aromatic heterocycles. The molecular formula is C23H32N4O. The van der Waals surface area contributed by atoms with Crippen molar-refractivity contribution in [3.63, 3.8) is 0 Å². The Kier molecular flexibility index (Phi) is 6.10. The van der Waals surface area contributed by atoms with Gasteiger partial charge in [-0.1, -0.05) is 30.3 Å². The van der Waals surface area contributed by atoms with E-state index < -0.39 is 0 Å². The maximum atomic E-state index is 12.7. The highest BCUT2D eigenvalue weighted by Gasteiger charge is 2.42. The van der Waals surface area contributed by atoms with E-state index >= 15 is 0 Å². The molecule has 2 fully saturated rings. The summed E-state index contributed by atoms with van der Waals surface area (Å²) in [6.07, 6.45) is 11.1. The van der Waals surface area contributed by atoms with E-state index in [2.05, 4.69) is 50.3 Å². The topological polar surface area (TPSA) is 52.2 Å². The fourth-order valence-electron chi connectivity index (χ4n) is 4.96. The lowest BCUT2D eigenvalue weighted by molar-refractivity contribution is -0.130. The van der Waals surface area contributed by atoms with Crippen LogP contribution >= 0.6 is 0 Å². The molecule has 0 aliphatic carbocycles. The van der Waals surface area contributed by atoms with E-state index in [-0.39, 0.29) is 0 Å². The number of aromatic amines is 1. The highest BCUT2D eigenvalue weighted by Crippen LogP contribution is 2.39. The second kappa shape index (κ2) is 8.91. The van der Waals surface area contributed by atoms with Crippen LogP contribution in [0.15, 0.2) is 42.7 Å². The molecule has 0 radical (unpaired) electrons. The van der Waals surface area contributed by atoms with Crippen molar-refractivity contribution in [1.29, 1.82) is 0 Å². The number of H-pyrrole nitrogens is 1. The van der Waals surface area contributed by atoms with Crippen molar-refractivity contribution in [1.82, 2.24) is 20.0 Å². The lowest BCUT2D eigenvalue weighted by atomic mass is 9.79. The van der Waals surface area contributed by atoms with Crippen LogP contribution in [0.3, 0.4) is 0 Å². The van der Waals surface area contributed by atoms with Gasteiger partial charge in [0.2, 0.25) is 5.91 Å². The maximum absolute atomic E-state index is 12.7. The number of aromatic nitrogens is 2. The monoisotopic (exact) mass is 380 g/mol. The van der Waals surface area contributed by atoms with Crippen molar-refractivity contribution in [3.8, 4) is 0 Å². The molecule has 5 heteroatoms. The first kappa shape index (κ1) is 19.2. The van der Waals surface area contributed by atoms with E-state index in [9.17, 15) is 4.79 Å². The van der Waals surface area contributed by atoms with E-state index in [1.165, 1.54) is 44.3 Å². The molecule has 1 atom stereocenters. The summed E-state index contributed by atoms with van der Waals surface area (Å²) in [6, 6.07) is 10.8. The molecule has 2 aromatic rings. The molecule has 1 aromatic carbocycles. The first-order valence-corrected chi connectivity index (χ1v) is 10.7. The summed E-state index contributed by atoms with van der Waals surface area (Å²) in [4.78, 5) is 17.4. The van der Waals surface area contributed by atoms with Gasteiger partial charge in [0.25, 0.3) is 0 Å². The van der Waals surface area contributed by atoms with Gasteiger partial charge in [0.1, 0.15) is 0 Å².